The van der Waals surface area contributed by atoms with Crippen LogP contribution in [0.3, 0.4) is 0 Å². The molecule has 0 spiro atoms. The quantitative estimate of drug-likeness (QED) is 0.443. The van der Waals surface area contributed by atoms with E-state index in [9.17, 15) is 0 Å². The van der Waals surface area contributed by atoms with Gasteiger partial charge in [0.1, 0.15) is 0 Å². The number of hydrogen-bond donors (Lipinski definition) is 0. The second-order valence-electron chi connectivity index (χ2n) is 3.44. The molecule has 0 saturated carbocycles. The summed E-state index contributed by atoms with van der Waals surface area (Å²) < 4.78 is 0. The van der Waals surface area contributed by atoms with Gasteiger partial charge in [-0.3, -0.25) is 0 Å². The summed E-state index contributed by atoms with van der Waals surface area (Å²) in [5.74, 6) is 0. The van der Waals surface area contributed by atoms with Gasteiger partial charge in [0.25, 0.3) is 0 Å². The third-order valence-electron chi connectivity index (χ3n) is 2.08. The van der Waals surface area contributed by atoms with E-state index < -0.39 is 0 Å². The van der Waals surface area contributed by atoms with Gasteiger partial charge in [-0.15, -0.1) is 0 Å². The minimum absolute atomic E-state index is 1.29. The van der Waals surface area contributed by atoms with Crippen LogP contribution in [0, 0.1) is 12.8 Å². The molecule has 0 unspecified atom stereocenters. The molecule has 0 saturated heterocycles. The Balaban J connectivity index is 2.73. The van der Waals surface area contributed by atoms with E-state index >= 15 is 0 Å². The predicted molar refractivity (Wildman–Crippen MR) is 56.9 cm³/mol. The maximum atomic E-state index is 2.45. The standard InChI is InChI=1S/C12H24/c1-3-5-7-9-11-12-10-8-6-4-2/h7,12H,3-6,8-11H2,1-2H3. The van der Waals surface area contributed by atoms with Crippen LogP contribution < -0.4 is 0 Å². The first-order chi connectivity index (χ1) is 5.91. The Bertz CT molecular complexity index is 56.4. The summed E-state index contributed by atoms with van der Waals surface area (Å²) in [6, 6.07) is 0. The molecule has 12 heavy (non-hydrogen) atoms. The molecule has 0 fully saturated rings. The van der Waals surface area contributed by atoms with Crippen molar-refractivity contribution in [3.05, 3.63) is 12.8 Å². The highest BCUT2D eigenvalue weighted by Crippen LogP contribution is 2.08. The summed E-state index contributed by atoms with van der Waals surface area (Å²) in [5, 5.41) is 0. The van der Waals surface area contributed by atoms with Crippen LogP contribution in [0.4, 0.5) is 0 Å². The zero-order chi connectivity index (χ0) is 9.07. The molecule has 0 aliphatic rings. The zero-order valence-corrected chi connectivity index (χ0v) is 8.81. The van der Waals surface area contributed by atoms with Gasteiger partial charge in [-0.1, -0.05) is 52.4 Å². The molecule has 0 bridgehead atoms. The van der Waals surface area contributed by atoms with E-state index in [1.54, 1.807) is 0 Å². The van der Waals surface area contributed by atoms with E-state index in [1.165, 1.54) is 51.4 Å². The summed E-state index contributed by atoms with van der Waals surface area (Å²) in [6.45, 7) is 4.50. The lowest BCUT2D eigenvalue weighted by atomic mass is 10.1. The SMILES string of the molecule is CCC[CH]CC[CH]CCCCC. The molecule has 0 rings (SSSR count). The normalized spacial score (nSPS) is 10.5. The topological polar surface area (TPSA) is 0 Å². The first-order valence-electron chi connectivity index (χ1n) is 5.55. The van der Waals surface area contributed by atoms with E-state index in [4.69, 9.17) is 0 Å². The van der Waals surface area contributed by atoms with Gasteiger partial charge in [0.2, 0.25) is 0 Å². The Kier molecular flexibility index (Phi) is 11.0. The molecule has 0 atom stereocenters. The third-order valence-corrected chi connectivity index (χ3v) is 2.08. The molecule has 0 heteroatoms. The molecule has 0 aliphatic carbocycles. The van der Waals surface area contributed by atoms with Gasteiger partial charge in [0.05, 0.1) is 0 Å². The van der Waals surface area contributed by atoms with Gasteiger partial charge >= 0.3 is 0 Å². The Morgan fingerprint density at radius 3 is 1.92 bits per heavy atom. The maximum Gasteiger partial charge on any atom is -0.0386 e. The number of rotatable bonds is 9. The van der Waals surface area contributed by atoms with Crippen molar-refractivity contribution in [1.82, 2.24) is 0 Å². The molecule has 0 heterocycles. The molecule has 0 N–H and O–H groups in total. The molecular weight excluding hydrogens is 144 g/mol. The van der Waals surface area contributed by atoms with Crippen LogP contribution in [-0.4, -0.2) is 0 Å². The highest BCUT2D eigenvalue weighted by molar-refractivity contribution is 4.71. The molecular formula is C12H24. The third kappa shape index (κ3) is 10.0. The van der Waals surface area contributed by atoms with E-state index in [-0.39, 0.29) is 0 Å². The summed E-state index contributed by atoms with van der Waals surface area (Å²) in [6.07, 6.45) is 15.5. The molecule has 72 valence electrons. The van der Waals surface area contributed by atoms with Crippen LogP contribution in [0.1, 0.15) is 65.2 Å². The van der Waals surface area contributed by atoms with Gasteiger partial charge in [-0.05, 0) is 25.7 Å². The smallest absolute Gasteiger partial charge is 0.0386 e. The van der Waals surface area contributed by atoms with E-state index in [1.807, 2.05) is 0 Å². The van der Waals surface area contributed by atoms with E-state index in [0.717, 1.165) is 0 Å². The minimum atomic E-state index is 1.29. The summed E-state index contributed by atoms with van der Waals surface area (Å²) in [5.41, 5.74) is 0. The molecule has 0 aromatic rings. The van der Waals surface area contributed by atoms with Crippen molar-refractivity contribution in [1.29, 1.82) is 0 Å². The zero-order valence-electron chi connectivity index (χ0n) is 8.81. The Labute approximate surface area is 78.8 Å². The van der Waals surface area contributed by atoms with Crippen molar-refractivity contribution in [2.24, 2.45) is 0 Å². The predicted octanol–water partition coefficient (Wildman–Crippen LogP) is 4.56. The molecule has 0 aromatic carbocycles. The number of unbranched alkanes of at least 4 members (excludes halogenated alkanes) is 9. The summed E-state index contributed by atoms with van der Waals surface area (Å²) in [4.78, 5) is 0. The fraction of sp³-hybridized carbons (Fsp3) is 0.833. The Hall–Kier alpha value is 0. The fourth-order valence-corrected chi connectivity index (χ4v) is 1.27. The summed E-state index contributed by atoms with van der Waals surface area (Å²) in [7, 11) is 0. The molecule has 2 radical (unpaired) electrons. The molecule has 0 nitrogen and oxygen atoms in total. The van der Waals surface area contributed by atoms with Gasteiger partial charge in [-0.2, -0.15) is 0 Å². The molecule has 0 aliphatic heterocycles. The highest BCUT2D eigenvalue weighted by Gasteiger charge is 1.90. The average molecular weight is 168 g/mol. The van der Waals surface area contributed by atoms with Crippen molar-refractivity contribution in [2.75, 3.05) is 0 Å². The lowest BCUT2D eigenvalue weighted by molar-refractivity contribution is 0.683. The maximum absolute atomic E-state index is 2.45. The minimum Gasteiger partial charge on any atom is -0.0654 e. The second-order valence-corrected chi connectivity index (χ2v) is 3.44. The van der Waals surface area contributed by atoms with Crippen molar-refractivity contribution in [3.63, 3.8) is 0 Å². The van der Waals surface area contributed by atoms with Crippen molar-refractivity contribution < 1.29 is 0 Å². The largest absolute Gasteiger partial charge is 0.0654 e. The van der Waals surface area contributed by atoms with Gasteiger partial charge in [0.15, 0.2) is 0 Å². The van der Waals surface area contributed by atoms with Crippen molar-refractivity contribution in [2.45, 2.75) is 65.2 Å². The molecule has 0 aromatic heterocycles. The average Bonchev–Trinajstić information content (AvgIpc) is 2.10. The highest BCUT2D eigenvalue weighted by atomic mass is 14.0. The van der Waals surface area contributed by atoms with Crippen LogP contribution in [0.25, 0.3) is 0 Å². The van der Waals surface area contributed by atoms with Crippen molar-refractivity contribution in [3.8, 4) is 0 Å². The lowest BCUT2D eigenvalue weighted by Gasteiger charge is -1.99. The first-order valence-corrected chi connectivity index (χ1v) is 5.55. The monoisotopic (exact) mass is 168 g/mol. The fourth-order valence-electron chi connectivity index (χ4n) is 1.27. The first kappa shape index (κ1) is 12.0. The van der Waals surface area contributed by atoms with Gasteiger partial charge in [-0.25, -0.2) is 0 Å². The van der Waals surface area contributed by atoms with Gasteiger partial charge in [0, 0.05) is 0 Å². The van der Waals surface area contributed by atoms with E-state index in [0.29, 0.717) is 0 Å². The lowest BCUT2D eigenvalue weighted by Crippen LogP contribution is -1.81. The number of hydrogen-bond acceptors (Lipinski definition) is 0. The van der Waals surface area contributed by atoms with Crippen LogP contribution in [0.15, 0.2) is 0 Å². The van der Waals surface area contributed by atoms with Crippen LogP contribution in [-0.2, 0) is 0 Å². The van der Waals surface area contributed by atoms with E-state index in [2.05, 4.69) is 26.7 Å². The van der Waals surface area contributed by atoms with Crippen molar-refractivity contribution >= 4 is 0 Å². The Morgan fingerprint density at radius 2 is 1.33 bits per heavy atom. The Morgan fingerprint density at radius 1 is 0.667 bits per heavy atom. The van der Waals surface area contributed by atoms with Gasteiger partial charge < -0.3 is 0 Å². The van der Waals surface area contributed by atoms with Crippen LogP contribution >= 0.6 is 0 Å². The van der Waals surface area contributed by atoms with Crippen LogP contribution in [0.2, 0.25) is 0 Å². The summed E-state index contributed by atoms with van der Waals surface area (Å²) >= 11 is 0. The second kappa shape index (κ2) is 11.0. The molecule has 0 amide bonds. The van der Waals surface area contributed by atoms with Crippen LogP contribution in [0.5, 0.6) is 0 Å².